The van der Waals surface area contributed by atoms with Crippen LogP contribution in [-0.4, -0.2) is 34.8 Å². The number of rotatable bonds is 3. The van der Waals surface area contributed by atoms with Crippen molar-refractivity contribution in [3.63, 3.8) is 0 Å². The van der Waals surface area contributed by atoms with Gasteiger partial charge in [0.15, 0.2) is 22.8 Å². The van der Waals surface area contributed by atoms with Crippen LogP contribution in [0.5, 0.6) is 11.5 Å². The fraction of sp³-hybridized carbons (Fsp3) is 0.100. The predicted molar refractivity (Wildman–Crippen MR) is 108 cm³/mol. The normalized spacial score (nSPS) is 14.1. The maximum absolute atomic E-state index is 12.5. The maximum Gasteiger partial charge on any atom is 0.283 e. The molecule has 0 saturated carbocycles. The van der Waals surface area contributed by atoms with Crippen LogP contribution < -0.4 is 30.4 Å². The first kappa shape index (κ1) is 18.6. The molecule has 1 aromatic carbocycles. The van der Waals surface area contributed by atoms with Crippen molar-refractivity contribution in [1.82, 2.24) is 14.8 Å². The summed E-state index contributed by atoms with van der Waals surface area (Å²) in [4.78, 5) is 28.0. The number of H-pyrrole nitrogens is 1. The molecule has 3 aliphatic rings. The fourth-order valence-electron chi connectivity index (χ4n) is 2.87. The minimum atomic E-state index is -0.499. The molecule has 9 heteroatoms. The molecule has 2 aliphatic heterocycles. The molecule has 146 valence electrons. The lowest BCUT2D eigenvalue weighted by molar-refractivity contribution is -0.110. The first-order chi connectivity index (χ1) is 14.0. The molecule has 0 radical (unpaired) electrons. The van der Waals surface area contributed by atoms with Crippen LogP contribution in [0.4, 0.5) is 0 Å². The lowest BCUT2D eigenvalue weighted by Crippen LogP contribution is -2.47. The zero-order valence-corrected chi connectivity index (χ0v) is 16.4. The van der Waals surface area contributed by atoms with Crippen LogP contribution in [0.15, 0.2) is 47.3 Å². The van der Waals surface area contributed by atoms with Gasteiger partial charge in [0.25, 0.3) is 5.56 Å². The SMILES string of the molecule is COc1ccc(/C=c2\c(=O)nc3sc(=C4C=CC(=O)C=C4)[nH]n-3c2=N)cc1OC. The minimum Gasteiger partial charge on any atom is -0.493 e. The van der Waals surface area contributed by atoms with Crippen molar-refractivity contribution >= 4 is 28.8 Å². The predicted octanol–water partition coefficient (Wildman–Crippen LogP) is 0.231. The Morgan fingerprint density at radius 3 is 2.52 bits per heavy atom. The van der Waals surface area contributed by atoms with Gasteiger partial charge in [-0.3, -0.25) is 20.1 Å². The quantitative estimate of drug-likeness (QED) is 0.645. The van der Waals surface area contributed by atoms with E-state index in [1.165, 1.54) is 35.3 Å². The fourth-order valence-corrected chi connectivity index (χ4v) is 3.80. The summed E-state index contributed by atoms with van der Waals surface area (Å²) in [6.45, 7) is 0. The van der Waals surface area contributed by atoms with E-state index < -0.39 is 5.56 Å². The minimum absolute atomic E-state index is 0.0160. The molecule has 0 fully saturated rings. The zero-order chi connectivity index (χ0) is 20.5. The number of fused-ring (bicyclic) bond motifs is 1. The van der Waals surface area contributed by atoms with E-state index >= 15 is 0 Å². The van der Waals surface area contributed by atoms with Gasteiger partial charge in [0.1, 0.15) is 4.66 Å². The number of ketones is 1. The second kappa shape index (κ2) is 7.36. The van der Waals surface area contributed by atoms with Crippen LogP contribution in [0, 0.1) is 5.41 Å². The van der Waals surface area contributed by atoms with E-state index in [2.05, 4.69) is 10.1 Å². The summed E-state index contributed by atoms with van der Waals surface area (Å²) in [5.41, 5.74) is 0.938. The topological polar surface area (TPSA) is 110 Å². The molecule has 0 spiro atoms. The van der Waals surface area contributed by atoms with Gasteiger partial charge in [-0.15, -0.1) is 0 Å². The third-order valence-corrected chi connectivity index (χ3v) is 5.33. The number of aromatic amines is 1. The summed E-state index contributed by atoms with van der Waals surface area (Å²) in [5, 5.41) is 12.1. The molecule has 29 heavy (non-hydrogen) atoms. The zero-order valence-electron chi connectivity index (χ0n) is 15.6. The Morgan fingerprint density at radius 1 is 1.10 bits per heavy atom. The smallest absolute Gasteiger partial charge is 0.283 e. The number of hydrogen-bond donors (Lipinski definition) is 2. The molecule has 2 N–H and O–H groups in total. The van der Waals surface area contributed by atoms with Crippen LogP contribution in [0.2, 0.25) is 0 Å². The number of methoxy groups -OCH3 is 2. The van der Waals surface area contributed by atoms with Gasteiger partial charge in [0.05, 0.1) is 19.4 Å². The second-order valence-corrected chi connectivity index (χ2v) is 7.10. The molecule has 0 aromatic heterocycles. The van der Waals surface area contributed by atoms with E-state index in [0.717, 1.165) is 5.57 Å². The Balaban J connectivity index is 1.92. The van der Waals surface area contributed by atoms with Crippen molar-refractivity contribution in [2.75, 3.05) is 14.2 Å². The molecule has 0 saturated heterocycles. The Hall–Kier alpha value is -3.72. The van der Waals surface area contributed by atoms with Crippen molar-refractivity contribution in [3.05, 3.63) is 73.8 Å². The molecular formula is C20H16N4O4S. The van der Waals surface area contributed by atoms with Crippen molar-refractivity contribution in [3.8, 4) is 16.6 Å². The van der Waals surface area contributed by atoms with E-state index in [1.807, 2.05) is 0 Å². The Morgan fingerprint density at radius 2 is 1.83 bits per heavy atom. The number of benzene rings is 1. The monoisotopic (exact) mass is 408 g/mol. The molecule has 4 rings (SSSR count). The van der Waals surface area contributed by atoms with Gasteiger partial charge in [-0.05, 0) is 48.1 Å². The first-order valence-corrected chi connectivity index (χ1v) is 9.36. The first-order valence-electron chi connectivity index (χ1n) is 8.55. The summed E-state index contributed by atoms with van der Waals surface area (Å²) in [5.74, 6) is 1.00. The highest BCUT2D eigenvalue weighted by Gasteiger charge is 2.12. The van der Waals surface area contributed by atoms with Crippen LogP contribution in [0.1, 0.15) is 5.56 Å². The number of hydrogen-bond acceptors (Lipinski definition) is 7. The Kier molecular flexibility index (Phi) is 4.73. The summed E-state index contributed by atoms with van der Waals surface area (Å²) in [7, 11) is 3.07. The van der Waals surface area contributed by atoms with Crippen molar-refractivity contribution < 1.29 is 14.3 Å². The largest absolute Gasteiger partial charge is 0.493 e. The van der Waals surface area contributed by atoms with Gasteiger partial charge in [-0.25, -0.2) is 4.68 Å². The van der Waals surface area contributed by atoms with Gasteiger partial charge in [-0.2, -0.15) is 4.98 Å². The van der Waals surface area contributed by atoms with E-state index in [4.69, 9.17) is 14.9 Å². The number of allylic oxidation sites excluding steroid dienone is 4. The highest BCUT2D eigenvalue weighted by atomic mass is 32.1. The summed E-state index contributed by atoms with van der Waals surface area (Å²) in [6, 6.07) is 5.22. The van der Waals surface area contributed by atoms with E-state index in [1.54, 1.807) is 43.5 Å². The molecule has 0 amide bonds. The number of carbonyl (C=O) groups is 1. The molecule has 1 aromatic rings. The number of nitrogens with zero attached hydrogens (tertiary/aromatic N) is 2. The van der Waals surface area contributed by atoms with Gasteiger partial charge >= 0.3 is 0 Å². The van der Waals surface area contributed by atoms with Crippen molar-refractivity contribution in [2.24, 2.45) is 0 Å². The van der Waals surface area contributed by atoms with Gasteiger partial charge in [0.2, 0.25) is 5.13 Å². The average Bonchev–Trinajstić information content (AvgIpc) is 3.15. The lowest BCUT2D eigenvalue weighted by Gasteiger charge is -2.07. The molecule has 0 atom stereocenters. The van der Waals surface area contributed by atoms with Crippen molar-refractivity contribution in [1.29, 1.82) is 5.41 Å². The molecule has 8 nitrogen and oxygen atoms in total. The van der Waals surface area contributed by atoms with E-state index in [9.17, 15) is 9.59 Å². The number of nitrogens with one attached hydrogen (secondary N) is 2. The average molecular weight is 408 g/mol. The molecule has 0 bridgehead atoms. The molecular weight excluding hydrogens is 392 g/mol. The summed E-state index contributed by atoms with van der Waals surface area (Å²) in [6.07, 6.45) is 7.87. The van der Waals surface area contributed by atoms with Crippen LogP contribution >= 0.6 is 11.3 Å². The Bertz CT molecular complexity index is 1370. The maximum atomic E-state index is 12.5. The molecule has 0 unspecified atom stereocenters. The lowest BCUT2D eigenvalue weighted by atomic mass is 10.1. The van der Waals surface area contributed by atoms with Gasteiger partial charge in [0, 0.05) is 5.57 Å². The van der Waals surface area contributed by atoms with Gasteiger partial charge < -0.3 is 9.47 Å². The second-order valence-electron chi connectivity index (χ2n) is 6.12. The van der Waals surface area contributed by atoms with Crippen LogP contribution in [0.25, 0.3) is 16.8 Å². The van der Waals surface area contributed by atoms with Crippen molar-refractivity contribution in [2.45, 2.75) is 0 Å². The third-order valence-electron chi connectivity index (χ3n) is 4.34. The van der Waals surface area contributed by atoms with Gasteiger partial charge in [-0.1, -0.05) is 17.4 Å². The van der Waals surface area contributed by atoms with E-state index in [-0.39, 0.29) is 16.5 Å². The van der Waals surface area contributed by atoms with Crippen LogP contribution in [0.3, 0.4) is 0 Å². The number of aromatic nitrogens is 3. The summed E-state index contributed by atoms with van der Waals surface area (Å²) >= 11 is 1.23. The number of carbonyl (C=O) groups excluding carboxylic acids is 1. The standard InChI is InChI=1S/C20H16N4O4S/c1-27-15-8-3-11(10-16(15)28-2)9-14-17(21)24-20(22-18(14)26)29-19(23-24)12-4-6-13(25)7-5-12/h3-10,21,23H,1-2H3/b14-9-,21-17?. The third kappa shape index (κ3) is 3.43. The Labute approximate surface area is 168 Å². The highest BCUT2D eigenvalue weighted by Crippen LogP contribution is 2.27. The van der Waals surface area contributed by atoms with Crippen LogP contribution in [-0.2, 0) is 4.79 Å². The molecule has 2 heterocycles. The number of ether oxygens (including phenoxy) is 2. The highest BCUT2D eigenvalue weighted by molar-refractivity contribution is 7.11. The van der Waals surface area contributed by atoms with E-state index in [0.29, 0.717) is 26.9 Å². The molecule has 1 aliphatic carbocycles. The summed E-state index contributed by atoms with van der Waals surface area (Å²) < 4.78 is 12.6.